The van der Waals surface area contributed by atoms with E-state index in [0.29, 0.717) is 22.3 Å². The molecule has 8 heteroatoms. The largest absolute Gasteiger partial charge is 1.00 e. The number of nitrogens with one attached hydrogen (secondary N) is 1. The number of halogens is 1. The highest BCUT2D eigenvalue weighted by atomic mass is 35.5. The van der Waals surface area contributed by atoms with Gasteiger partial charge in [-0.3, -0.25) is 9.78 Å². The van der Waals surface area contributed by atoms with Crippen LogP contribution >= 0.6 is 0 Å². The summed E-state index contributed by atoms with van der Waals surface area (Å²) in [5, 5.41) is 7.37. The number of amides is 1. The zero-order valence-electron chi connectivity index (χ0n) is 18.2. The van der Waals surface area contributed by atoms with E-state index in [4.69, 9.17) is 9.51 Å². The fourth-order valence-electron chi connectivity index (χ4n) is 3.75. The Labute approximate surface area is 202 Å². The maximum Gasteiger partial charge on any atom is 0.270 e. The van der Waals surface area contributed by atoms with Crippen LogP contribution in [-0.2, 0) is 13.1 Å². The van der Waals surface area contributed by atoms with Crippen LogP contribution in [0.3, 0.4) is 0 Å². The van der Waals surface area contributed by atoms with Gasteiger partial charge in [0.05, 0.1) is 24.3 Å². The van der Waals surface area contributed by atoms with Crippen molar-refractivity contribution in [1.29, 1.82) is 0 Å². The molecule has 3 aromatic heterocycles. The van der Waals surface area contributed by atoms with Crippen molar-refractivity contribution >= 4 is 16.8 Å². The van der Waals surface area contributed by atoms with Gasteiger partial charge in [0.25, 0.3) is 5.91 Å². The Morgan fingerprint density at radius 3 is 2.47 bits per heavy atom. The number of hydrogen-bond donors (Lipinski definition) is 2. The third kappa shape index (κ3) is 4.66. The molecule has 34 heavy (non-hydrogen) atoms. The lowest BCUT2D eigenvalue weighted by Gasteiger charge is -2.13. The van der Waals surface area contributed by atoms with Crippen LogP contribution in [0.15, 0.2) is 89.8 Å². The first-order valence-electron chi connectivity index (χ1n) is 10.6. The van der Waals surface area contributed by atoms with Crippen LogP contribution in [0, 0.1) is 0 Å². The molecule has 170 valence electrons. The minimum Gasteiger partial charge on any atom is -1.00 e. The molecule has 0 aliphatic rings. The number of fused-ring (bicyclic) bond motifs is 1. The van der Waals surface area contributed by atoms with Crippen molar-refractivity contribution in [3.63, 3.8) is 0 Å². The number of rotatable bonds is 6. The van der Waals surface area contributed by atoms with Gasteiger partial charge in [0, 0.05) is 34.3 Å². The second-order valence-corrected chi connectivity index (χ2v) is 7.60. The van der Waals surface area contributed by atoms with Crippen molar-refractivity contribution < 1.29 is 27.5 Å². The summed E-state index contributed by atoms with van der Waals surface area (Å²) in [4.78, 5) is 22.3. The average molecular weight is 472 g/mol. The molecule has 0 saturated carbocycles. The van der Waals surface area contributed by atoms with Crippen LogP contribution in [0.4, 0.5) is 0 Å². The topological polar surface area (TPSA) is 109 Å². The molecule has 5 aromatic rings. The van der Waals surface area contributed by atoms with E-state index in [2.05, 4.69) is 45.5 Å². The molecule has 0 saturated heterocycles. The van der Waals surface area contributed by atoms with Crippen molar-refractivity contribution in [3.05, 3.63) is 102 Å². The van der Waals surface area contributed by atoms with Gasteiger partial charge in [-0.15, -0.1) is 0 Å². The molecule has 7 nitrogen and oxygen atoms in total. The maximum absolute atomic E-state index is 13.0. The Kier molecular flexibility index (Phi) is 6.96. The first-order chi connectivity index (χ1) is 16.2. The third-order valence-electron chi connectivity index (χ3n) is 5.48. The molecule has 0 radical (unpaired) electrons. The summed E-state index contributed by atoms with van der Waals surface area (Å²) in [5.41, 5.74) is 10.6. The lowest BCUT2D eigenvalue weighted by Crippen LogP contribution is -3.00. The van der Waals surface area contributed by atoms with Gasteiger partial charge >= 0.3 is 0 Å². The quantitative estimate of drug-likeness (QED) is 0.377. The minimum absolute atomic E-state index is 0. The van der Waals surface area contributed by atoms with Crippen molar-refractivity contribution in [1.82, 2.24) is 20.4 Å². The summed E-state index contributed by atoms with van der Waals surface area (Å²) in [6.07, 6.45) is 3.08. The van der Waals surface area contributed by atoms with Gasteiger partial charge in [-0.2, -0.15) is 0 Å². The van der Waals surface area contributed by atoms with Crippen molar-refractivity contribution in [2.75, 3.05) is 0 Å². The van der Waals surface area contributed by atoms with Crippen LogP contribution < -0.4 is 23.5 Å². The molecule has 4 N–H and O–H groups in total. The zero-order valence-corrected chi connectivity index (χ0v) is 19.0. The Morgan fingerprint density at radius 2 is 1.76 bits per heavy atom. The van der Waals surface area contributed by atoms with Gasteiger partial charge in [0.15, 0.2) is 0 Å². The van der Waals surface area contributed by atoms with E-state index in [-0.39, 0.29) is 24.9 Å². The SMILES string of the molecule is [Cl-].[NH3+]Cc1ccc(-c2nc3ccnc(C(=O)NCc4ccon4)c3cc2-c2ccccc2)cc1. The number of carbonyl (C=O) groups excluding carboxylic acids is 1. The van der Waals surface area contributed by atoms with Gasteiger partial charge in [0.1, 0.15) is 17.7 Å². The normalized spacial score (nSPS) is 10.6. The second kappa shape index (κ2) is 10.2. The van der Waals surface area contributed by atoms with Gasteiger partial charge < -0.3 is 28.0 Å². The van der Waals surface area contributed by atoms with Crippen molar-refractivity contribution in [2.45, 2.75) is 13.1 Å². The molecular weight excluding hydrogens is 450 g/mol. The first kappa shape index (κ1) is 23.1. The molecule has 0 aliphatic heterocycles. The van der Waals surface area contributed by atoms with E-state index >= 15 is 0 Å². The fraction of sp³-hybridized carbons (Fsp3) is 0.0769. The average Bonchev–Trinajstić information content (AvgIpc) is 3.40. The molecule has 3 heterocycles. The summed E-state index contributed by atoms with van der Waals surface area (Å²) < 4.78 is 4.83. The van der Waals surface area contributed by atoms with Gasteiger partial charge in [-0.25, -0.2) is 4.98 Å². The summed E-state index contributed by atoms with van der Waals surface area (Å²) in [5.74, 6) is -0.294. The van der Waals surface area contributed by atoms with Crippen molar-refractivity contribution in [3.8, 4) is 22.4 Å². The molecule has 0 bridgehead atoms. The predicted octanol–water partition coefficient (Wildman–Crippen LogP) is 0.628. The summed E-state index contributed by atoms with van der Waals surface area (Å²) in [6, 6.07) is 23.8. The molecule has 0 aliphatic carbocycles. The third-order valence-corrected chi connectivity index (χ3v) is 5.48. The number of quaternary nitrogens is 1. The van der Waals surface area contributed by atoms with Crippen LogP contribution in [0.25, 0.3) is 33.3 Å². The van der Waals surface area contributed by atoms with Crippen LogP contribution in [0.1, 0.15) is 21.7 Å². The van der Waals surface area contributed by atoms with E-state index in [0.717, 1.165) is 34.5 Å². The highest BCUT2D eigenvalue weighted by Gasteiger charge is 2.17. The smallest absolute Gasteiger partial charge is 0.270 e. The molecule has 1 amide bonds. The first-order valence-corrected chi connectivity index (χ1v) is 10.6. The van der Waals surface area contributed by atoms with Gasteiger partial charge in [-0.1, -0.05) is 59.8 Å². The zero-order chi connectivity index (χ0) is 22.6. The Hall–Kier alpha value is -4.07. The van der Waals surface area contributed by atoms with Crippen LogP contribution in [-0.4, -0.2) is 21.0 Å². The Morgan fingerprint density at radius 1 is 0.971 bits per heavy atom. The molecular formula is C26H22ClN5O2. The number of aromatic nitrogens is 3. The second-order valence-electron chi connectivity index (χ2n) is 7.60. The predicted molar refractivity (Wildman–Crippen MR) is 125 cm³/mol. The lowest BCUT2D eigenvalue weighted by atomic mass is 9.96. The summed E-state index contributed by atoms with van der Waals surface area (Å²) in [7, 11) is 0. The molecule has 0 unspecified atom stereocenters. The van der Waals surface area contributed by atoms with E-state index in [9.17, 15) is 4.79 Å². The molecule has 2 aromatic carbocycles. The maximum atomic E-state index is 13.0. The van der Waals surface area contributed by atoms with E-state index in [1.807, 2.05) is 42.5 Å². The van der Waals surface area contributed by atoms with Crippen LogP contribution in [0.2, 0.25) is 0 Å². The highest BCUT2D eigenvalue weighted by Crippen LogP contribution is 2.34. The lowest BCUT2D eigenvalue weighted by molar-refractivity contribution is -0.386. The summed E-state index contributed by atoms with van der Waals surface area (Å²) >= 11 is 0. The number of carbonyl (C=O) groups is 1. The molecule has 0 fully saturated rings. The Balaban J connectivity index is 0.00000274. The van der Waals surface area contributed by atoms with Crippen molar-refractivity contribution in [2.24, 2.45) is 0 Å². The minimum atomic E-state index is -0.294. The van der Waals surface area contributed by atoms with Crippen LogP contribution in [0.5, 0.6) is 0 Å². The summed E-state index contributed by atoms with van der Waals surface area (Å²) in [6.45, 7) is 0.985. The number of pyridine rings is 2. The number of hydrogen-bond acceptors (Lipinski definition) is 5. The fourth-order valence-corrected chi connectivity index (χ4v) is 3.75. The Bertz CT molecular complexity index is 1410. The van der Waals surface area contributed by atoms with E-state index in [1.54, 1.807) is 12.3 Å². The highest BCUT2D eigenvalue weighted by molar-refractivity contribution is 6.06. The standard InChI is InChI=1S/C26H21N5O2.ClH/c27-15-17-6-8-19(9-7-17)24-21(18-4-2-1-3-5-18)14-22-23(30-24)10-12-28-25(22)26(32)29-16-20-11-13-33-31-20;/h1-14H,15-16,27H2,(H,29,32);1H. The molecule has 0 atom stereocenters. The van der Waals surface area contributed by atoms with Gasteiger partial charge in [-0.05, 0) is 17.7 Å². The van der Waals surface area contributed by atoms with E-state index < -0.39 is 0 Å². The van der Waals surface area contributed by atoms with Gasteiger partial charge in [0.2, 0.25) is 0 Å². The monoisotopic (exact) mass is 471 g/mol. The molecule has 5 rings (SSSR count). The number of nitrogens with zero attached hydrogens (tertiary/aromatic N) is 3. The van der Waals surface area contributed by atoms with E-state index in [1.165, 1.54) is 6.26 Å². The molecule has 0 spiro atoms. The number of benzene rings is 2.